The molecular formula is C15H10ClF3IN7O. The Kier molecular flexibility index (Phi) is 5.79. The average molecular weight is 524 g/mol. The highest BCUT2D eigenvalue weighted by atomic mass is 127. The molecule has 0 radical (unpaired) electrons. The van der Waals surface area contributed by atoms with Crippen LogP contribution in [0.1, 0.15) is 34.8 Å². The van der Waals surface area contributed by atoms with Gasteiger partial charge in [0.15, 0.2) is 5.82 Å². The van der Waals surface area contributed by atoms with Gasteiger partial charge in [-0.2, -0.15) is 17.9 Å². The van der Waals surface area contributed by atoms with Gasteiger partial charge >= 0.3 is 6.18 Å². The maximum Gasteiger partial charge on any atom is 0.433 e. The second-order valence-corrected chi connectivity index (χ2v) is 6.81. The van der Waals surface area contributed by atoms with E-state index in [-0.39, 0.29) is 11.5 Å². The van der Waals surface area contributed by atoms with Gasteiger partial charge in [0.1, 0.15) is 10.8 Å². The first-order chi connectivity index (χ1) is 13.1. The zero-order valence-electron chi connectivity index (χ0n) is 13.9. The van der Waals surface area contributed by atoms with E-state index >= 15 is 0 Å². The zero-order chi connectivity index (χ0) is 20.5. The fraction of sp³-hybridized carbons (Fsp3) is 0.200. The number of nitrogens with zero attached hydrogens (tertiary/aromatic N) is 6. The van der Waals surface area contributed by atoms with Crippen molar-refractivity contribution < 1.29 is 18.0 Å². The van der Waals surface area contributed by atoms with Crippen LogP contribution in [-0.4, -0.2) is 35.6 Å². The number of aromatic nitrogens is 6. The first-order valence-corrected chi connectivity index (χ1v) is 9.06. The van der Waals surface area contributed by atoms with E-state index in [9.17, 15) is 18.0 Å². The molecule has 1 atom stereocenters. The summed E-state index contributed by atoms with van der Waals surface area (Å²) in [5.74, 6) is -0.235. The highest BCUT2D eigenvalue weighted by Crippen LogP contribution is 2.29. The van der Waals surface area contributed by atoms with Gasteiger partial charge in [0, 0.05) is 40.5 Å². The first-order valence-electron chi connectivity index (χ1n) is 7.60. The number of carbonyl (C=O) groups excluding carboxylic acids is 1. The Balaban J connectivity index is 1.88. The van der Waals surface area contributed by atoms with Crippen molar-refractivity contribution in [2.24, 2.45) is 0 Å². The Morgan fingerprint density at radius 1 is 1.25 bits per heavy atom. The fourth-order valence-electron chi connectivity index (χ4n) is 2.24. The molecule has 0 fully saturated rings. The monoisotopic (exact) mass is 523 g/mol. The van der Waals surface area contributed by atoms with Gasteiger partial charge in [0.05, 0.1) is 6.04 Å². The summed E-state index contributed by atoms with van der Waals surface area (Å²) in [5.41, 5.74) is -1.54. The molecule has 3 aromatic heterocycles. The normalized spacial score (nSPS) is 12.6. The average Bonchev–Trinajstić information content (AvgIpc) is 3.03. The fourth-order valence-corrected chi connectivity index (χ4v) is 2.92. The molecule has 3 heterocycles. The van der Waals surface area contributed by atoms with Crippen LogP contribution in [0, 0.1) is 3.83 Å². The smallest absolute Gasteiger partial charge is 0.342 e. The summed E-state index contributed by atoms with van der Waals surface area (Å²) in [7, 11) is 0. The van der Waals surface area contributed by atoms with Crippen molar-refractivity contribution in [1.82, 2.24) is 35.0 Å². The predicted molar refractivity (Wildman–Crippen MR) is 99.8 cm³/mol. The molecule has 1 unspecified atom stereocenters. The number of alkyl halides is 3. The van der Waals surface area contributed by atoms with Crippen LogP contribution in [0.4, 0.5) is 13.2 Å². The molecule has 0 saturated heterocycles. The SMILES string of the molecule is CC(NC(=O)c1cc(Cl)nc(C(F)(F)F)c1)c1nc(I)nn1-c1ncccn1. The van der Waals surface area contributed by atoms with Gasteiger partial charge < -0.3 is 5.32 Å². The zero-order valence-corrected chi connectivity index (χ0v) is 16.9. The minimum absolute atomic E-state index is 0.236. The van der Waals surface area contributed by atoms with E-state index in [4.69, 9.17) is 11.6 Å². The summed E-state index contributed by atoms with van der Waals surface area (Å²) in [6.45, 7) is 1.60. The lowest BCUT2D eigenvalue weighted by Crippen LogP contribution is -2.29. The van der Waals surface area contributed by atoms with E-state index in [1.807, 2.05) is 22.6 Å². The summed E-state index contributed by atoms with van der Waals surface area (Å²) in [6, 6.07) is 2.59. The molecule has 1 amide bonds. The predicted octanol–water partition coefficient (Wildman–Crippen LogP) is 3.22. The van der Waals surface area contributed by atoms with Crippen LogP contribution in [0.5, 0.6) is 0 Å². The third-order valence-corrected chi connectivity index (χ3v) is 4.08. The summed E-state index contributed by atoms with van der Waals surface area (Å²) >= 11 is 7.51. The van der Waals surface area contributed by atoms with Gasteiger partial charge in [-0.05, 0) is 25.1 Å². The number of carbonyl (C=O) groups is 1. The summed E-state index contributed by atoms with van der Waals surface area (Å²) < 4.78 is 40.4. The molecule has 0 aliphatic carbocycles. The van der Waals surface area contributed by atoms with Gasteiger partial charge in [-0.3, -0.25) is 4.79 Å². The number of rotatable bonds is 4. The van der Waals surface area contributed by atoms with Gasteiger partial charge in [-0.15, -0.1) is 5.10 Å². The number of hydrogen-bond acceptors (Lipinski definition) is 6. The summed E-state index contributed by atoms with van der Waals surface area (Å²) in [5, 5.41) is 6.30. The van der Waals surface area contributed by atoms with Crippen molar-refractivity contribution in [2.45, 2.75) is 19.1 Å². The first kappa shape index (κ1) is 20.4. The van der Waals surface area contributed by atoms with Gasteiger partial charge in [0.25, 0.3) is 11.9 Å². The lowest BCUT2D eigenvalue weighted by atomic mass is 10.2. The van der Waals surface area contributed by atoms with E-state index in [1.165, 1.54) is 17.1 Å². The highest BCUT2D eigenvalue weighted by Gasteiger charge is 2.34. The van der Waals surface area contributed by atoms with Crippen molar-refractivity contribution in [3.05, 3.63) is 56.7 Å². The van der Waals surface area contributed by atoms with Crippen molar-refractivity contribution in [3.63, 3.8) is 0 Å². The molecule has 0 aliphatic heterocycles. The maximum absolute atomic E-state index is 12.9. The lowest BCUT2D eigenvalue weighted by Gasteiger charge is -2.14. The van der Waals surface area contributed by atoms with Crippen LogP contribution >= 0.6 is 34.2 Å². The Labute approximate surface area is 174 Å². The minimum atomic E-state index is -4.73. The minimum Gasteiger partial charge on any atom is -0.342 e. The van der Waals surface area contributed by atoms with E-state index in [2.05, 4.69) is 30.4 Å². The molecule has 0 aliphatic rings. The largest absolute Gasteiger partial charge is 0.433 e. The van der Waals surface area contributed by atoms with Gasteiger partial charge in [-0.1, -0.05) is 11.6 Å². The van der Waals surface area contributed by atoms with Crippen LogP contribution in [0.2, 0.25) is 5.15 Å². The molecule has 0 spiro atoms. The molecule has 1 N–H and O–H groups in total. The number of nitrogens with one attached hydrogen (secondary N) is 1. The molecule has 8 nitrogen and oxygen atoms in total. The summed E-state index contributed by atoms with van der Waals surface area (Å²) in [4.78, 5) is 28.0. The Bertz CT molecular complexity index is 1010. The second kappa shape index (κ2) is 7.95. The van der Waals surface area contributed by atoms with Gasteiger partial charge in [-0.25, -0.2) is 19.9 Å². The number of halogens is 5. The van der Waals surface area contributed by atoms with Crippen LogP contribution in [0.3, 0.4) is 0 Å². The number of pyridine rings is 1. The molecule has 0 bridgehead atoms. The summed E-state index contributed by atoms with van der Waals surface area (Å²) in [6.07, 6.45) is -1.70. The molecule has 3 rings (SSSR count). The molecule has 3 aromatic rings. The quantitative estimate of drug-likeness (QED) is 0.417. The van der Waals surface area contributed by atoms with E-state index < -0.39 is 29.0 Å². The second-order valence-electron chi connectivity index (χ2n) is 5.46. The van der Waals surface area contributed by atoms with Crippen molar-refractivity contribution in [3.8, 4) is 5.95 Å². The molecule has 146 valence electrons. The number of hydrogen-bond donors (Lipinski definition) is 1. The third-order valence-electron chi connectivity index (χ3n) is 3.43. The van der Waals surface area contributed by atoms with Crippen LogP contribution in [-0.2, 0) is 6.18 Å². The van der Waals surface area contributed by atoms with Gasteiger partial charge in [0.2, 0.25) is 3.83 Å². The van der Waals surface area contributed by atoms with Crippen LogP contribution < -0.4 is 5.32 Å². The van der Waals surface area contributed by atoms with E-state index in [1.54, 1.807) is 13.0 Å². The molecule has 28 heavy (non-hydrogen) atoms. The molecule has 0 aromatic carbocycles. The Morgan fingerprint density at radius 3 is 2.57 bits per heavy atom. The maximum atomic E-state index is 12.9. The molecule has 0 saturated carbocycles. The van der Waals surface area contributed by atoms with Crippen molar-refractivity contribution in [1.29, 1.82) is 0 Å². The van der Waals surface area contributed by atoms with E-state index in [0.29, 0.717) is 15.7 Å². The standard InChI is InChI=1S/C15H10ClF3IN7O/c1-7(11-25-13(20)26-27(11)14-21-3-2-4-22-14)23-12(28)8-5-9(15(17,18)19)24-10(16)6-8/h2-7H,1H3,(H,23,28). The topological polar surface area (TPSA) is 98.5 Å². The lowest BCUT2D eigenvalue weighted by molar-refractivity contribution is -0.141. The van der Waals surface area contributed by atoms with Crippen molar-refractivity contribution in [2.75, 3.05) is 0 Å². The highest BCUT2D eigenvalue weighted by molar-refractivity contribution is 14.1. The van der Waals surface area contributed by atoms with E-state index in [0.717, 1.165) is 6.07 Å². The Hall–Kier alpha value is -2.35. The van der Waals surface area contributed by atoms with Crippen molar-refractivity contribution >= 4 is 40.1 Å². The number of amides is 1. The Morgan fingerprint density at radius 2 is 1.93 bits per heavy atom. The van der Waals surface area contributed by atoms with Crippen LogP contribution in [0.25, 0.3) is 5.95 Å². The molecule has 13 heteroatoms. The van der Waals surface area contributed by atoms with Crippen LogP contribution in [0.15, 0.2) is 30.6 Å². The third kappa shape index (κ3) is 4.55. The molecular weight excluding hydrogens is 514 g/mol.